The van der Waals surface area contributed by atoms with E-state index in [1.807, 2.05) is 0 Å². The Kier molecular flexibility index (Phi) is 5.78. The molecule has 0 aliphatic carbocycles. The molecule has 2 heterocycles. The highest BCUT2D eigenvalue weighted by Gasteiger charge is 2.20. The molecular formula is C18H22FN3O3. The molecule has 0 unspecified atom stereocenters. The molecule has 7 heteroatoms. The van der Waals surface area contributed by atoms with E-state index < -0.39 is 6.10 Å². The number of amides is 1. The van der Waals surface area contributed by atoms with Crippen LogP contribution in [0.1, 0.15) is 26.2 Å². The summed E-state index contributed by atoms with van der Waals surface area (Å²) in [6.45, 7) is 2.85. The van der Waals surface area contributed by atoms with Gasteiger partial charge in [0, 0.05) is 12.7 Å². The van der Waals surface area contributed by atoms with Gasteiger partial charge in [0.15, 0.2) is 0 Å². The molecule has 1 aliphatic rings. The molecule has 2 aromatic rings. The van der Waals surface area contributed by atoms with Crippen LogP contribution in [0.5, 0.6) is 0 Å². The molecule has 1 fully saturated rings. The zero-order valence-electron chi connectivity index (χ0n) is 14.2. The van der Waals surface area contributed by atoms with Crippen molar-refractivity contribution in [2.75, 3.05) is 18.5 Å². The summed E-state index contributed by atoms with van der Waals surface area (Å²) in [5.74, 6) is -0.191. The first kappa shape index (κ1) is 17.6. The van der Waals surface area contributed by atoms with Crippen molar-refractivity contribution < 1.29 is 18.7 Å². The van der Waals surface area contributed by atoms with Crippen LogP contribution in [-0.2, 0) is 14.3 Å². The summed E-state index contributed by atoms with van der Waals surface area (Å²) in [6, 6.07) is 7.66. The first-order valence-electron chi connectivity index (χ1n) is 8.47. The fourth-order valence-corrected chi connectivity index (χ4v) is 2.71. The molecule has 134 valence electrons. The molecule has 1 N–H and O–H groups in total. The van der Waals surface area contributed by atoms with Crippen LogP contribution >= 0.6 is 0 Å². The number of halogens is 1. The van der Waals surface area contributed by atoms with Crippen molar-refractivity contribution in [3.8, 4) is 5.69 Å². The second-order valence-corrected chi connectivity index (χ2v) is 6.06. The van der Waals surface area contributed by atoms with Crippen molar-refractivity contribution in [3.63, 3.8) is 0 Å². The summed E-state index contributed by atoms with van der Waals surface area (Å²) in [5, 5.41) is 6.90. The summed E-state index contributed by atoms with van der Waals surface area (Å²) in [4.78, 5) is 12.3. The zero-order chi connectivity index (χ0) is 17.6. The number of aromatic nitrogens is 2. The minimum Gasteiger partial charge on any atom is -0.376 e. The van der Waals surface area contributed by atoms with Crippen LogP contribution in [0.4, 0.5) is 10.2 Å². The normalized spacial score (nSPS) is 18.7. The summed E-state index contributed by atoms with van der Waals surface area (Å²) < 4.78 is 26.1. The van der Waals surface area contributed by atoms with Crippen molar-refractivity contribution in [1.29, 1.82) is 0 Å². The van der Waals surface area contributed by atoms with Crippen LogP contribution in [0.25, 0.3) is 5.69 Å². The van der Waals surface area contributed by atoms with Gasteiger partial charge < -0.3 is 14.8 Å². The van der Waals surface area contributed by atoms with Crippen molar-refractivity contribution in [1.82, 2.24) is 9.78 Å². The van der Waals surface area contributed by atoms with Gasteiger partial charge in [0.2, 0.25) is 0 Å². The van der Waals surface area contributed by atoms with Gasteiger partial charge in [-0.2, -0.15) is 5.10 Å². The van der Waals surface area contributed by atoms with Crippen molar-refractivity contribution in [2.45, 2.75) is 38.4 Å². The van der Waals surface area contributed by atoms with Crippen LogP contribution in [0.15, 0.2) is 36.5 Å². The van der Waals surface area contributed by atoms with Crippen LogP contribution in [0.2, 0.25) is 0 Å². The number of nitrogens with one attached hydrogen (secondary N) is 1. The molecule has 0 saturated carbocycles. The Morgan fingerprint density at radius 2 is 2.36 bits per heavy atom. The lowest BCUT2D eigenvalue weighted by Crippen LogP contribution is -2.33. The van der Waals surface area contributed by atoms with E-state index in [0.717, 1.165) is 25.9 Å². The molecule has 0 bridgehead atoms. The average molecular weight is 347 g/mol. The Labute approximate surface area is 145 Å². The van der Waals surface area contributed by atoms with Crippen LogP contribution in [0, 0.1) is 5.82 Å². The summed E-state index contributed by atoms with van der Waals surface area (Å²) in [7, 11) is 0. The Bertz CT molecular complexity index is 713. The molecule has 1 saturated heterocycles. The number of benzene rings is 1. The minimum atomic E-state index is -0.624. The molecule has 0 spiro atoms. The van der Waals surface area contributed by atoms with Gasteiger partial charge in [0.25, 0.3) is 5.91 Å². The lowest BCUT2D eigenvalue weighted by molar-refractivity contribution is -0.130. The molecule has 6 nitrogen and oxygen atoms in total. The van der Waals surface area contributed by atoms with Gasteiger partial charge >= 0.3 is 0 Å². The molecule has 2 atom stereocenters. The third-order valence-electron chi connectivity index (χ3n) is 4.12. The number of carbonyl (C=O) groups excluding carboxylic acids is 1. The maximum atomic E-state index is 13.4. The highest BCUT2D eigenvalue weighted by atomic mass is 19.1. The first-order valence-corrected chi connectivity index (χ1v) is 8.47. The van der Waals surface area contributed by atoms with Gasteiger partial charge in [-0.1, -0.05) is 6.07 Å². The molecule has 0 radical (unpaired) electrons. The van der Waals surface area contributed by atoms with Gasteiger partial charge in [0.1, 0.15) is 17.7 Å². The fourth-order valence-electron chi connectivity index (χ4n) is 2.71. The second-order valence-electron chi connectivity index (χ2n) is 6.06. The van der Waals surface area contributed by atoms with Crippen LogP contribution in [-0.4, -0.2) is 41.1 Å². The average Bonchev–Trinajstić information content (AvgIpc) is 3.08. The molecule has 1 aliphatic heterocycles. The topological polar surface area (TPSA) is 65.4 Å². The lowest BCUT2D eigenvalue weighted by atomic mass is 10.1. The van der Waals surface area contributed by atoms with E-state index in [9.17, 15) is 9.18 Å². The Hall–Kier alpha value is -2.25. The maximum absolute atomic E-state index is 13.4. The van der Waals surface area contributed by atoms with Gasteiger partial charge in [-0.3, -0.25) is 4.79 Å². The van der Waals surface area contributed by atoms with E-state index in [1.165, 1.54) is 16.8 Å². The van der Waals surface area contributed by atoms with Gasteiger partial charge in [-0.05, 0) is 44.4 Å². The maximum Gasteiger partial charge on any atom is 0.254 e. The number of hydrogen-bond donors (Lipinski definition) is 1. The van der Waals surface area contributed by atoms with Gasteiger partial charge in [-0.15, -0.1) is 0 Å². The van der Waals surface area contributed by atoms with Crippen molar-refractivity contribution in [2.24, 2.45) is 0 Å². The number of hydrogen-bond acceptors (Lipinski definition) is 4. The van der Waals surface area contributed by atoms with E-state index in [-0.39, 0.29) is 17.8 Å². The monoisotopic (exact) mass is 347 g/mol. The van der Waals surface area contributed by atoms with E-state index in [2.05, 4.69) is 10.4 Å². The van der Waals surface area contributed by atoms with E-state index in [4.69, 9.17) is 9.47 Å². The van der Waals surface area contributed by atoms with E-state index >= 15 is 0 Å². The van der Waals surface area contributed by atoms with Gasteiger partial charge in [0.05, 0.1) is 24.6 Å². The predicted octanol–water partition coefficient (Wildman–Crippen LogP) is 2.92. The Morgan fingerprint density at radius 3 is 3.12 bits per heavy atom. The number of anilines is 1. The summed E-state index contributed by atoms with van der Waals surface area (Å²) in [6.07, 6.45) is 4.14. The summed E-state index contributed by atoms with van der Waals surface area (Å²) in [5.41, 5.74) is 0.532. The lowest BCUT2D eigenvalue weighted by Gasteiger charge is -2.23. The standard InChI is InChI=1S/C18H22FN3O3/c1-13(25-12-16-7-2-3-10-24-16)18(23)21-17-8-9-20-22(17)15-6-4-5-14(19)11-15/h4-6,8-9,11,13,16H,2-3,7,10,12H2,1H3,(H,21,23)/t13-,16+/m0/s1. The molecule has 1 aromatic heterocycles. The third-order valence-corrected chi connectivity index (χ3v) is 4.12. The van der Waals surface area contributed by atoms with Crippen molar-refractivity contribution >= 4 is 11.7 Å². The molecule has 1 amide bonds. The van der Waals surface area contributed by atoms with Crippen LogP contribution in [0.3, 0.4) is 0 Å². The van der Waals surface area contributed by atoms with Crippen LogP contribution < -0.4 is 5.32 Å². The summed E-state index contributed by atoms with van der Waals surface area (Å²) >= 11 is 0. The molecule has 3 rings (SSSR count). The SMILES string of the molecule is C[C@H](OC[C@H]1CCCCO1)C(=O)Nc1ccnn1-c1cccc(F)c1. The molecule has 25 heavy (non-hydrogen) atoms. The number of rotatable bonds is 6. The van der Waals surface area contributed by atoms with Crippen molar-refractivity contribution in [3.05, 3.63) is 42.3 Å². The molecular weight excluding hydrogens is 325 g/mol. The smallest absolute Gasteiger partial charge is 0.254 e. The van der Waals surface area contributed by atoms with E-state index in [1.54, 1.807) is 31.3 Å². The molecule has 1 aromatic carbocycles. The largest absolute Gasteiger partial charge is 0.376 e. The predicted molar refractivity (Wildman–Crippen MR) is 91.2 cm³/mol. The minimum absolute atomic E-state index is 0.0572. The zero-order valence-corrected chi connectivity index (χ0v) is 14.2. The Balaban J connectivity index is 1.58. The second kappa shape index (κ2) is 8.22. The number of carbonyl (C=O) groups is 1. The number of nitrogens with zero attached hydrogens (tertiary/aromatic N) is 2. The third kappa shape index (κ3) is 4.64. The number of ether oxygens (including phenoxy) is 2. The van der Waals surface area contributed by atoms with Gasteiger partial charge in [-0.25, -0.2) is 9.07 Å². The first-order chi connectivity index (χ1) is 12.1. The fraction of sp³-hybridized carbons (Fsp3) is 0.444. The van der Waals surface area contributed by atoms with E-state index in [0.29, 0.717) is 18.1 Å². The highest BCUT2D eigenvalue weighted by Crippen LogP contribution is 2.17. The highest BCUT2D eigenvalue weighted by molar-refractivity contribution is 5.93. The quantitative estimate of drug-likeness (QED) is 0.873. The Morgan fingerprint density at radius 1 is 1.48 bits per heavy atom.